The second kappa shape index (κ2) is 5.30. The number of β-amino-alcohol motifs (C(OH)–C–C–N with tert-alkyl or cyclic N) is 1. The average molecular weight is 228 g/mol. The summed E-state index contributed by atoms with van der Waals surface area (Å²) in [7, 11) is 0. The molecule has 3 N–H and O–H groups in total. The molecule has 92 valence electrons. The summed E-state index contributed by atoms with van der Waals surface area (Å²) in [5.41, 5.74) is 5.23. The van der Waals surface area contributed by atoms with E-state index >= 15 is 0 Å². The van der Waals surface area contributed by atoms with Crippen LogP contribution in [0.5, 0.6) is 0 Å². The van der Waals surface area contributed by atoms with Gasteiger partial charge in [0, 0.05) is 18.9 Å². The lowest BCUT2D eigenvalue weighted by molar-refractivity contribution is -0.141. The Morgan fingerprint density at radius 3 is 2.44 bits per heavy atom. The summed E-state index contributed by atoms with van der Waals surface area (Å²) in [6.07, 6.45) is 1.12. The molecule has 5 nitrogen and oxygen atoms in total. The van der Waals surface area contributed by atoms with Gasteiger partial charge in [-0.05, 0) is 12.8 Å². The Morgan fingerprint density at radius 2 is 2.00 bits per heavy atom. The van der Waals surface area contributed by atoms with Crippen molar-refractivity contribution in [2.75, 3.05) is 6.54 Å². The molecule has 0 aromatic heterocycles. The van der Waals surface area contributed by atoms with E-state index in [9.17, 15) is 14.7 Å². The number of nitrogens with zero attached hydrogens (tertiary/aromatic N) is 1. The summed E-state index contributed by atoms with van der Waals surface area (Å²) in [4.78, 5) is 24.7. The van der Waals surface area contributed by atoms with Crippen molar-refractivity contribution in [3.8, 4) is 0 Å². The fourth-order valence-corrected chi connectivity index (χ4v) is 2.20. The molecule has 5 heteroatoms. The number of carbonyl (C=O) groups excluding carboxylic acids is 2. The van der Waals surface area contributed by atoms with E-state index in [2.05, 4.69) is 0 Å². The molecule has 2 amide bonds. The molecule has 1 aliphatic heterocycles. The fraction of sp³-hybridized carbons (Fsp3) is 0.818. The first kappa shape index (κ1) is 13.0. The van der Waals surface area contributed by atoms with Gasteiger partial charge in [-0.25, -0.2) is 0 Å². The Bertz CT molecular complexity index is 276. The molecule has 2 atom stereocenters. The molecule has 1 aliphatic rings. The molecule has 0 aromatic rings. The van der Waals surface area contributed by atoms with Crippen molar-refractivity contribution in [2.24, 2.45) is 11.7 Å². The molecule has 0 radical (unpaired) electrons. The summed E-state index contributed by atoms with van der Waals surface area (Å²) in [6.45, 7) is 4.11. The van der Waals surface area contributed by atoms with Crippen molar-refractivity contribution in [1.29, 1.82) is 0 Å². The first-order chi connectivity index (χ1) is 7.51. The number of primary amides is 1. The Balaban J connectivity index is 2.77. The predicted octanol–water partition coefficient (Wildman–Crippen LogP) is -0.130. The highest BCUT2D eigenvalue weighted by Crippen LogP contribution is 2.22. The lowest BCUT2D eigenvalue weighted by Gasteiger charge is -2.25. The average Bonchev–Trinajstić information content (AvgIpc) is 2.62. The summed E-state index contributed by atoms with van der Waals surface area (Å²) < 4.78 is 0. The standard InChI is InChI=1S/C11H20N2O3/c1-3-7(4-2)11(16)13-6-8(14)5-9(13)10(12)15/h7-9,14H,3-6H2,1-2H3,(H2,12,15). The molecule has 1 rings (SSSR count). The Hall–Kier alpha value is -1.10. The molecule has 2 unspecified atom stereocenters. The molecule has 1 heterocycles. The van der Waals surface area contributed by atoms with Gasteiger partial charge in [0.05, 0.1) is 6.10 Å². The zero-order valence-corrected chi connectivity index (χ0v) is 9.85. The van der Waals surface area contributed by atoms with Gasteiger partial charge >= 0.3 is 0 Å². The quantitative estimate of drug-likeness (QED) is 0.703. The van der Waals surface area contributed by atoms with E-state index < -0.39 is 18.1 Å². The van der Waals surface area contributed by atoms with Crippen molar-refractivity contribution in [3.63, 3.8) is 0 Å². The normalized spacial score (nSPS) is 25.1. The molecule has 1 fully saturated rings. The predicted molar refractivity (Wildman–Crippen MR) is 59.4 cm³/mol. The van der Waals surface area contributed by atoms with E-state index in [1.807, 2.05) is 13.8 Å². The summed E-state index contributed by atoms with van der Waals surface area (Å²) in [6, 6.07) is -0.636. The van der Waals surface area contributed by atoms with Crippen LogP contribution in [-0.4, -0.2) is 40.5 Å². The van der Waals surface area contributed by atoms with E-state index in [0.29, 0.717) is 0 Å². The Kier molecular flexibility index (Phi) is 4.29. The summed E-state index contributed by atoms with van der Waals surface area (Å²) in [5.74, 6) is -0.673. The van der Waals surface area contributed by atoms with Crippen LogP contribution < -0.4 is 5.73 Å². The van der Waals surface area contributed by atoms with Gasteiger partial charge in [-0.15, -0.1) is 0 Å². The van der Waals surface area contributed by atoms with E-state index in [0.717, 1.165) is 12.8 Å². The zero-order valence-electron chi connectivity index (χ0n) is 9.85. The molecule has 0 aliphatic carbocycles. The smallest absolute Gasteiger partial charge is 0.240 e. The number of hydrogen-bond donors (Lipinski definition) is 2. The SMILES string of the molecule is CCC(CC)C(=O)N1CC(O)CC1C(N)=O. The van der Waals surface area contributed by atoms with E-state index in [4.69, 9.17) is 5.73 Å². The van der Waals surface area contributed by atoms with E-state index in [1.165, 1.54) is 4.90 Å². The Labute approximate surface area is 95.6 Å². The van der Waals surface area contributed by atoms with Crippen LogP contribution in [-0.2, 0) is 9.59 Å². The van der Waals surface area contributed by atoms with Crippen LogP contribution in [0.1, 0.15) is 33.1 Å². The minimum atomic E-state index is -0.636. The number of carbonyl (C=O) groups is 2. The van der Waals surface area contributed by atoms with Crippen LogP contribution >= 0.6 is 0 Å². The maximum atomic E-state index is 12.1. The van der Waals surface area contributed by atoms with Gasteiger partial charge in [-0.2, -0.15) is 0 Å². The third-order valence-corrected chi connectivity index (χ3v) is 3.23. The molecular weight excluding hydrogens is 208 g/mol. The van der Waals surface area contributed by atoms with Gasteiger partial charge in [-0.3, -0.25) is 9.59 Å². The van der Waals surface area contributed by atoms with Crippen LogP contribution in [0.15, 0.2) is 0 Å². The number of aliphatic hydroxyl groups excluding tert-OH is 1. The molecule has 0 aromatic carbocycles. The molecular formula is C11H20N2O3. The van der Waals surface area contributed by atoms with Gasteiger partial charge < -0.3 is 15.7 Å². The first-order valence-electron chi connectivity index (χ1n) is 5.79. The van der Waals surface area contributed by atoms with Gasteiger partial charge in [0.25, 0.3) is 0 Å². The first-order valence-corrected chi connectivity index (χ1v) is 5.79. The third kappa shape index (κ3) is 2.52. The van der Waals surface area contributed by atoms with Crippen molar-refractivity contribution in [2.45, 2.75) is 45.3 Å². The number of hydrogen-bond acceptors (Lipinski definition) is 3. The lowest BCUT2D eigenvalue weighted by atomic mass is 10.0. The van der Waals surface area contributed by atoms with Crippen molar-refractivity contribution < 1.29 is 14.7 Å². The highest BCUT2D eigenvalue weighted by molar-refractivity contribution is 5.88. The molecule has 0 saturated carbocycles. The molecule has 0 bridgehead atoms. The van der Waals surface area contributed by atoms with Crippen LogP contribution in [0, 0.1) is 5.92 Å². The number of aliphatic hydroxyl groups is 1. The zero-order chi connectivity index (χ0) is 12.3. The lowest BCUT2D eigenvalue weighted by Crippen LogP contribution is -2.46. The van der Waals surface area contributed by atoms with Gasteiger partial charge in [0.1, 0.15) is 6.04 Å². The monoisotopic (exact) mass is 228 g/mol. The maximum Gasteiger partial charge on any atom is 0.240 e. The summed E-state index contributed by atoms with van der Waals surface area (Å²) >= 11 is 0. The van der Waals surface area contributed by atoms with Gasteiger partial charge in [0.2, 0.25) is 11.8 Å². The number of likely N-dealkylation sites (tertiary alicyclic amines) is 1. The van der Waals surface area contributed by atoms with Crippen LogP contribution in [0.3, 0.4) is 0 Å². The highest BCUT2D eigenvalue weighted by Gasteiger charge is 2.39. The Morgan fingerprint density at radius 1 is 1.44 bits per heavy atom. The number of amides is 2. The maximum absolute atomic E-state index is 12.1. The molecule has 0 spiro atoms. The third-order valence-electron chi connectivity index (χ3n) is 3.23. The molecule has 16 heavy (non-hydrogen) atoms. The summed E-state index contributed by atoms with van der Waals surface area (Å²) in [5, 5.41) is 9.49. The minimum absolute atomic E-state index is 0.0645. The number of rotatable bonds is 4. The van der Waals surface area contributed by atoms with Gasteiger partial charge in [-0.1, -0.05) is 13.8 Å². The van der Waals surface area contributed by atoms with Crippen molar-refractivity contribution in [1.82, 2.24) is 4.90 Å². The number of nitrogens with two attached hydrogens (primary N) is 1. The minimum Gasteiger partial charge on any atom is -0.391 e. The van der Waals surface area contributed by atoms with Crippen LogP contribution in [0.25, 0.3) is 0 Å². The largest absolute Gasteiger partial charge is 0.391 e. The van der Waals surface area contributed by atoms with Crippen LogP contribution in [0.2, 0.25) is 0 Å². The van der Waals surface area contributed by atoms with Crippen LogP contribution in [0.4, 0.5) is 0 Å². The topological polar surface area (TPSA) is 83.6 Å². The molecule has 1 saturated heterocycles. The van der Waals surface area contributed by atoms with Crippen molar-refractivity contribution >= 4 is 11.8 Å². The van der Waals surface area contributed by atoms with Gasteiger partial charge in [0.15, 0.2) is 0 Å². The van der Waals surface area contributed by atoms with E-state index in [1.54, 1.807) is 0 Å². The van der Waals surface area contributed by atoms with Crippen molar-refractivity contribution in [3.05, 3.63) is 0 Å². The second-order valence-electron chi connectivity index (χ2n) is 4.31. The highest BCUT2D eigenvalue weighted by atomic mass is 16.3. The van der Waals surface area contributed by atoms with E-state index in [-0.39, 0.29) is 24.8 Å². The second-order valence-corrected chi connectivity index (χ2v) is 4.31. The fourth-order valence-electron chi connectivity index (χ4n) is 2.20.